The topological polar surface area (TPSA) is 83.9 Å². The Bertz CT molecular complexity index is 576. The number of carboxylic acids is 1. The summed E-state index contributed by atoms with van der Waals surface area (Å²) in [6, 6.07) is 6.06. The van der Waals surface area contributed by atoms with Crippen molar-refractivity contribution in [3.05, 3.63) is 29.8 Å². The van der Waals surface area contributed by atoms with Crippen molar-refractivity contribution >= 4 is 15.8 Å². The molecule has 2 rings (SSSR count). The number of carbonyl (C=O) groups is 1. The third-order valence-corrected chi connectivity index (χ3v) is 5.13. The Labute approximate surface area is 124 Å². The monoisotopic (exact) mass is 313 g/mol. The Balaban J connectivity index is 1.96. The van der Waals surface area contributed by atoms with Gasteiger partial charge in [-0.2, -0.15) is 0 Å². The largest absolute Gasteiger partial charge is 0.481 e. The van der Waals surface area contributed by atoms with Crippen LogP contribution in [0.2, 0.25) is 0 Å². The lowest BCUT2D eigenvalue weighted by molar-refractivity contribution is -0.136. The SMILES string of the molecule is O=C(O)Cc1ccc(S(=O)(=O)CCN2CCOCC2)cc1. The van der Waals surface area contributed by atoms with Crippen LogP contribution in [0.15, 0.2) is 29.2 Å². The number of sulfone groups is 1. The smallest absolute Gasteiger partial charge is 0.307 e. The lowest BCUT2D eigenvalue weighted by Crippen LogP contribution is -2.39. The van der Waals surface area contributed by atoms with Crippen molar-refractivity contribution in [3.8, 4) is 0 Å². The van der Waals surface area contributed by atoms with Crippen LogP contribution in [0.4, 0.5) is 0 Å². The van der Waals surface area contributed by atoms with Gasteiger partial charge in [0.25, 0.3) is 0 Å². The van der Waals surface area contributed by atoms with E-state index in [1.807, 2.05) is 0 Å². The van der Waals surface area contributed by atoms with Crippen LogP contribution in [0, 0.1) is 0 Å². The van der Waals surface area contributed by atoms with E-state index in [0.29, 0.717) is 25.3 Å². The fourth-order valence-electron chi connectivity index (χ4n) is 2.18. The van der Waals surface area contributed by atoms with Gasteiger partial charge in [0.1, 0.15) is 0 Å². The average Bonchev–Trinajstić information content (AvgIpc) is 2.46. The molecule has 7 heteroatoms. The van der Waals surface area contributed by atoms with Crippen LogP contribution in [0.3, 0.4) is 0 Å². The van der Waals surface area contributed by atoms with Crippen molar-refractivity contribution in [1.82, 2.24) is 4.90 Å². The third-order valence-electron chi connectivity index (χ3n) is 3.42. The fraction of sp³-hybridized carbons (Fsp3) is 0.500. The van der Waals surface area contributed by atoms with Crippen LogP contribution in [-0.2, 0) is 25.8 Å². The predicted molar refractivity (Wildman–Crippen MR) is 77.1 cm³/mol. The highest BCUT2D eigenvalue weighted by Crippen LogP contribution is 2.13. The van der Waals surface area contributed by atoms with Gasteiger partial charge in [0, 0.05) is 19.6 Å². The van der Waals surface area contributed by atoms with Crippen molar-refractivity contribution in [1.29, 1.82) is 0 Å². The quantitative estimate of drug-likeness (QED) is 0.819. The second-order valence-electron chi connectivity index (χ2n) is 4.99. The molecule has 0 saturated carbocycles. The number of morpholine rings is 1. The minimum absolute atomic E-state index is 0.0608. The normalized spacial score (nSPS) is 16.8. The van der Waals surface area contributed by atoms with Gasteiger partial charge in [-0.05, 0) is 17.7 Å². The molecule has 1 saturated heterocycles. The highest BCUT2D eigenvalue weighted by molar-refractivity contribution is 7.91. The number of nitrogens with zero attached hydrogens (tertiary/aromatic N) is 1. The number of rotatable bonds is 6. The molecular formula is C14H19NO5S. The lowest BCUT2D eigenvalue weighted by Gasteiger charge is -2.26. The Morgan fingerprint density at radius 3 is 2.38 bits per heavy atom. The maximum atomic E-state index is 12.2. The molecule has 0 radical (unpaired) electrons. The molecule has 0 bridgehead atoms. The van der Waals surface area contributed by atoms with Crippen molar-refractivity contribution in [2.45, 2.75) is 11.3 Å². The maximum Gasteiger partial charge on any atom is 0.307 e. The number of ether oxygens (including phenoxy) is 1. The highest BCUT2D eigenvalue weighted by Gasteiger charge is 2.18. The van der Waals surface area contributed by atoms with E-state index < -0.39 is 15.8 Å². The van der Waals surface area contributed by atoms with E-state index in [4.69, 9.17) is 9.84 Å². The number of hydrogen-bond acceptors (Lipinski definition) is 5. The third kappa shape index (κ3) is 4.80. The van der Waals surface area contributed by atoms with Gasteiger partial charge in [-0.1, -0.05) is 12.1 Å². The first kappa shape index (κ1) is 15.9. The van der Waals surface area contributed by atoms with Gasteiger partial charge in [0.05, 0.1) is 30.3 Å². The zero-order chi connectivity index (χ0) is 15.3. The molecule has 0 spiro atoms. The molecule has 0 aromatic heterocycles. The van der Waals surface area contributed by atoms with Crippen LogP contribution in [0.25, 0.3) is 0 Å². The molecular weight excluding hydrogens is 294 g/mol. The van der Waals surface area contributed by atoms with Crippen molar-refractivity contribution in [2.75, 3.05) is 38.6 Å². The zero-order valence-electron chi connectivity index (χ0n) is 11.7. The van der Waals surface area contributed by atoms with Gasteiger partial charge >= 0.3 is 5.97 Å². The van der Waals surface area contributed by atoms with E-state index in [0.717, 1.165) is 13.1 Å². The lowest BCUT2D eigenvalue weighted by atomic mass is 10.2. The van der Waals surface area contributed by atoms with Crippen LogP contribution in [-0.4, -0.2) is 63.0 Å². The molecule has 21 heavy (non-hydrogen) atoms. The maximum absolute atomic E-state index is 12.2. The number of carboxylic acid groups (broad SMARTS) is 1. The molecule has 1 aromatic carbocycles. The Morgan fingerprint density at radius 2 is 1.81 bits per heavy atom. The predicted octanol–water partition coefficient (Wildman–Crippen LogP) is 0.420. The van der Waals surface area contributed by atoms with Crippen LogP contribution < -0.4 is 0 Å². The number of hydrogen-bond donors (Lipinski definition) is 1. The fourth-order valence-corrected chi connectivity index (χ4v) is 3.47. The molecule has 0 atom stereocenters. The molecule has 1 fully saturated rings. The number of aliphatic carboxylic acids is 1. The molecule has 0 aliphatic carbocycles. The van der Waals surface area contributed by atoms with Crippen molar-refractivity contribution in [3.63, 3.8) is 0 Å². The van der Waals surface area contributed by atoms with E-state index in [9.17, 15) is 13.2 Å². The summed E-state index contributed by atoms with van der Waals surface area (Å²) in [6.07, 6.45) is -0.103. The van der Waals surface area contributed by atoms with Gasteiger partial charge in [-0.3, -0.25) is 9.69 Å². The molecule has 1 aromatic rings. The summed E-state index contributed by atoms with van der Waals surface area (Å²) in [5, 5.41) is 8.69. The molecule has 0 amide bonds. The summed E-state index contributed by atoms with van der Waals surface area (Å²) >= 11 is 0. The molecule has 1 N–H and O–H groups in total. The minimum Gasteiger partial charge on any atom is -0.481 e. The summed E-state index contributed by atoms with van der Waals surface area (Å²) in [7, 11) is -3.33. The molecule has 6 nitrogen and oxygen atoms in total. The first-order valence-corrected chi connectivity index (χ1v) is 8.46. The van der Waals surface area contributed by atoms with Gasteiger partial charge in [-0.25, -0.2) is 8.42 Å². The second-order valence-corrected chi connectivity index (χ2v) is 7.10. The van der Waals surface area contributed by atoms with Gasteiger partial charge in [-0.15, -0.1) is 0 Å². The molecule has 0 unspecified atom stereocenters. The molecule has 116 valence electrons. The van der Waals surface area contributed by atoms with E-state index in [1.165, 1.54) is 12.1 Å². The van der Waals surface area contributed by atoms with Gasteiger partial charge in [0.2, 0.25) is 0 Å². The summed E-state index contributed by atoms with van der Waals surface area (Å²) < 4.78 is 29.7. The first-order valence-electron chi connectivity index (χ1n) is 6.81. The molecule has 1 aliphatic rings. The summed E-state index contributed by atoms with van der Waals surface area (Å²) in [5.74, 6) is -0.872. The van der Waals surface area contributed by atoms with Crippen LogP contribution in [0.5, 0.6) is 0 Å². The van der Waals surface area contributed by atoms with Crippen molar-refractivity contribution in [2.24, 2.45) is 0 Å². The first-order chi connectivity index (χ1) is 9.97. The summed E-state index contributed by atoms with van der Waals surface area (Å²) in [5.41, 5.74) is 0.592. The second kappa shape index (κ2) is 7.02. The van der Waals surface area contributed by atoms with Gasteiger partial charge < -0.3 is 9.84 Å². The van der Waals surface area contributed by atoms with E-state index in [2.05, 4.69) is 4.90 Å². The van der Waals surface area contributed by atoms with E-state index in [-0.39, 0.29) is 17.1 Å². The standard InChI is InChI=1S/C14H19NO5S/c16-14(17)11-12-1-3-13(4-2-12)21(18,19)10-7-15-5-8-20-9-6-15/h1-4H,5-11H2,(H,16,17). The van der Waals surface area contributed by atoms with Crippen molar-refractivity contribution < 1.29 is 23.1 Å². The Hall–Kier alpha value is -1.44. The molecule has 1 heterocycles. The van der Waals surface area contributed by atoms with Gasteiger partial charge in [0.15, 0.2) is 9.84 Å². The van der Waals surface area contributed by atoms with E-state index in [1.54, 1.807) is 12.1 Å². The summed E-state index contributed by atoms with van der Waals surface area (Å²) in [4.78, 5) is 12.9. The van der Waals surface area contributed by atoms with Crippen LogP contribution in [0.1, 0.15) is 5.56 Å². The van der Waals surface area contributed by atoms with Crippen LogP contribution >= 0.6 is 0 Å². The highest BCUT2D eigenvalue weighted by atomic mass is 32.2. The average molecular weight is 313 g/mol. The molecule has 1 aliphatic heterocycles. The minimum atomic E-state index is -3.33. The Kier molecular flexibility index (Phi) is 5.33. The van der Waals surface area contributed by atoms with E-state index >= 15 is 0 Å². The summed E-state index contributed by atoms with van der Waals surface area (Å²) in [6.45, 7) is 3.29. The number of benzene rings is 1. The zero-order valence-corrected chi connectivity index (χ0v) is 12.5. The Morgan fingerprint density at radius 1 is 1.19 bits per heavy atom.